The Morgan fingerprint density at radius 1 is 1.05 bits per heavy atom. The third-order valence-corrected chi connectivity index (χ3v) is 3.61. The second-order valence-corrected chi connectivity index (χ2v) is 5.07. The second kappa shape index (κ2) is 5.40. The average molecular weight is 280 g/mol. The number of phenols is 1. The minimum Gasteiger partial charge on any atom is -0.508 e. The Hall–Kier alpha value is -2.62. The largest absolute Gasteiger partial charge is 0.508 e. The normalized spacial score (nSPS) is 10.8. The Labute approximate surface area is 123 Å². The van der Waals surface area contributed by atoms with Gasteiger partial charge in [-0.2, -0.15) is 4.98 Å². The summed E-state index contributed by atoms with van der Waals surface area (Å²) < 4.78 is 5.33. The number of nitrogens with zero attached hydrogens (tertiary/aromatic N) is 2. The molecule has 0 aliphatic carbocycles. The molecular weight excluding hydrogens is 264 g/mol. The molecule has 1 N–H and O–H groups in total. The molecule has 2 aromatic carbocycles. The van der Waals surface area contributed by atoms with Gasteiger partial charge in [0.25, 0.3) is 5.89 Å². The third-order valence-electron chi connectivity index (χ3n) is 3.61. The molecule has 0 aliphatic heterocycles. The van der Waals surface area contributed by atoms with Crippen molar-refractivity contribution < 1.29 is 9.63 Å². The molecule has 0 fully saturated rings. The number of hydrogen-bond acceptors (Lipinski definition) is 4. The molecule has 21 heavy (non-hydrogen) atoms. The molecule has 1 heterocycles. The Kier molecular flexibility index (Phi) is 3.44. The molecule has 106 valence electrons. The van der Waals surface area contributed by atoms with E-state index in [0.29, 0.717) is 18.1 Å². The first-order valence-corrected chi connectivity index (χ1v) is 6.81. The highest BCUT2D eigenvalue weighted by Gasteiger charge is 2.13. The molecular formula is C17H16N2O2. The summed E-state index contributed by atoms with van der Waals surface area (Å²) in [4.78, 5) is 4.43. The van der Waals surface area contributed by atoms with Crippen LogP contribution in [0.25, 0.3) is 11.5 Å². The van der Waals surface area contributed by atoms with Gasteiger partial charge in [-0.05, 0) is 37.1 Å². The molecule has 0 atom stereocenters. The van der Waals surface area contributed by atoms with Gasteiger partial charge in [-0.3, -0.25) is 0 Å². The molecule has 0 saturated heterocycles. The van der Waals surface area contributed by atoms with Crippen LogP contribution in [-0.4, -0.2) is 15.2 Å². The van der Waals surface area contributed by atoms with E-state index in [0.717, 1.165) is 11.1 Å². The fourth-order valence-electron chi connectivity index (χ4n) is 2.27. The molecule has 0 amide bonds. The van der Waals surface area contributed by atoms with E-state index in [-0.39, 0.29) is 5.75 Å². The summed E-state index contributed by atoms with van der Waals surface area (Å²) in [7, 11) is 0. The van der Waals surface area contributed by atoms with Crippen molar-refractivity contribution in [3.63, 3.8) is 0 Å². The van der Waals surface area contributed by atoms with Crippen LogP contribution in [-0.2, 0) is 6.42 Å². The summed E-state index contributed by atoms with van der Waals surface area (Å²) in [5, 5.41) is 13.8. The maximum absolute atomic E-state index is 9.75. The van der Waals surface area contributed by atoms with Crippen molar-refractivity contribution >= 4 is 0 Å². The zero-order chi connectivity index (χ0) is 14.8. The maximum Gasteiger partial charge on any atom is 0.258 e. The number of aromatic nitrogens is 2. The fourth-order valence-corrected chi connectivity index (χ4v) is 2.27. The van der Waals surface area contributed by atoms with Gasteiger partial charge < -0.3 is 9.63 Å². The topological polar surface area (TPSA) is 59.2 Å². The van der Waals surface area contributed by atoms with E-state index in [4.69, 9.17) is 4.52 Å². The lowest BCUT2D eigenvalue weighted by Gasteiger charge is -2.02. The average Bonchev–Trinajstić information content (AvgIpc) is 2.93. The van der Waals surface area contributed by atoms with Gasteiger partial charge in [0.05, 0.1) is 0 Å². The summed E-state index contributed by atoms with van der Waals surface area (Å²) in [6.45, 7) is 3.89. The van der Waals surface area contributed by atoms with E-state index in [1.165, 1.54) is 11.1 Å². The van der Waals surface area contributed by atoms with Gasteiger partial charge in [0.2, 0.25) is 0 Å². The number of aryl methyl sites for hydroxylation is 1. The molecule has 0 radical (unpaired) electrons. The molecule has 3 rings (SSSR count). The van der Waals surface area contributed by atoms with Gasteiger partial charge in [-0.1, -0.05) is 35.5 Å². The Morgan fingerprint density at radius 2 is 1.86 bits per heavy atom. The van der Waals surface area contributed by atoms with Crippen molar-refractivity contribution in [1.82, 2.24) is 10.1 Å². The van der Waals surface area contributed by atoms with Crippen LogP contribution in [0.5, 0.6) is 5.75 Å². The van der Waals surface area contributed by atoms with E-state index in [1.54, 1.807) is 12.1 Å². The highest BCUT2D eigenvalue weighted by Crippen LogP contribution is 2.28. The van der Waals surface area contributed by atoms with Gasteiger partial charge in [0, 0.05) is 17.5 Å². The summed E-state index contributed by atoms with van der Waals surface area (Å²) >= 11 is 0. The third kappa shape index (κ3) is 2.65. The number of phenolic OH excluding ortho intramolecular Hbond substituents is 1. The van der Waals surface area contributed by atoms with E-state index >= 15 is 0 Å². The first-order chi connectivity index (χ1) is 10.1. The predicted molar refractivity (Wildman–Crippen MR) is 80.1 cm³/mol. The van der Waals surface area contributed by atoms with Crippen molar-refractivity contribution in [3.05, 3.63) is 65.0 Å². The molecule has 3 aromatic rings. The molecule has 0 aliphatic rings. The van der Waals surface area contributed by atoms with Crippen molar-refractivity contribution in [2.24, 2.45) is 0 Å². The summed E-state index contributed by atoms with van der Waals surface area (Å²) in [6, 6.07) is 13.4. The SMILES string of the molecule is Cc1ccccc1Cc1noc(-c2cccc(O)c2C)n1. The van der Waals surface area contributed by atoms with Gasteiger partial charge in [-0.25, -0.2) is 0 Å². The van der Waals surface area contributed by atoms with Crippen LogP contribution in [0.3, 0.4) is 0 Å². The first kappa shape index (κ1) is 13.4. The van der Waals surface area contributed by atoms with Crippen LogP contribution in [0.4, 0.5) is 0 Å². The zero-order valence-electron chi connectivity index (χ0n) is 12.0. The number of rotatable bonds is 3. The van der Waals surface area contributed by atoms with Crippen molar-refractivity contribution in [3.8, 4) is 17.2 Å². The fraction of sp³-hybridized carbons (Fsp3) is 0.176. The standard InChI is InChI=1S/C17H16N2O2/c1-11-6-3-4-7-13(11)10-16-18-17(21-19-16)14-8-5-9-15(20)12(14)2/h3-9,20H,10H2,1-2H3. The van der Waals surface area contributed by atoms with Crippen LogP contribution < -0.4 is 0 Å². The van der Waals surface area contributed by atoms with E-state index in [9.17, 15) is 5.11 Å². The van der Waals surface area contributed by atoms with Gasteiger partial charge in [0.15, 0.2) is 5.82 Å². The highest BCUT2D eigenvalue weighted by atomic mass is 16.5. The van der Waals surface area contributed by atoms with Gasteiger partial charge in [-0.15, -0.1) is 0 Å². The molecule has 0 spiro atoms. The minimum atomic E-state index is 0.228. The lowest BCUT2D eigenvalue weighted by molar-refractivity contribution is 0.422. The smallest absolute Gasteiger partial charge is 0.258 e. The molecule has 4 heteroatoms. The molecule has 4 nitrogen and oxygen atoms in total. The van der Waals surface area contributed by atoms with E-state index < -0.39 is 0 Å². The lowest BCUT2D eigenvalue weighted by atomic mass is 10.1. The van der Waals surface area contributed by atoms with Crippen LogP contribution >= 0.6 is 0 Å². The van der Waals surface area contributed by atoms with Crippen LogP contribution in [0.15, 0.2) is 47.0 Å². The predicted octanol–water partition coefficient (Wildman–Crippen LogP) is 3.65. The van der Waals surface area contributed by atoms with Crippen LogP contribution in [0.1, 0.15) is 22.5 Å². The highest BCUT2D eigenvalue weighted by molar-refractivity contribution is 5.61. The Morgan fingerprint density at radius 3 is 2.67 bits per heavy atom. The van der Waals surface area contributed by atoms with Crippen LogP contribution in [0.2, 0.25) is 0 Å². The molecule has 0 unspecified atom stereocenters. The van der Waals surface area contributed by atoms with E-state index in [1.807, 2.05) is 25.1 Å². The van der Waals surface area contributed by atoms with Crippen LogP contribution in [0, 0.1) is 13.8 Å². The summed E-state index contributed by atoms with van der Waals surface area (Å²) in [5.41, 5.74) is 3.89. The Balaban J connectivity index is 1.90. The quantitative estimate of drug-likeness (QED) is 0.795. The van der Waals surface area contributed by atoms with Crippen molar-refractivity contribution in [2.75, 3.05) is 0 Å². The number of aromatic hydroxyl groups is 1. The first-order valence-electron chi connectivity index (χ1n) is 6.81. The monoisotopic (exact) mass is 280 g/mol. The molecule has 1 aromatic heterocycles. The number of benzene rings is 2. The van der Waals surface area contributed by atoms with Gasteiger partial charge >= 0.3 is 0 Å². The number of hydrogen-bond donors (Lipinski definition) is 1. The Bertz CT molecular complexity index is 778. The van der Waals surface area contributed by atoms with Crippen molar-refractivity contribution in [2.45, 2.75) is 20.3 Å². The lowest BCUT2D eigenvalue weighted by Crippen LogP contribution is -1.93. The maximum atomic E-state index is 9.75. The summed E-state index contributed by atoms with van der Waals surface area (Å²) in [6.07, 6.45) is 0.633. The van der Waals surface area contributed by atoms with E-state index in [2.05, 4.69) is 29.2 Å². The molecule has 0 saturated carbocycles. The second-order valence-electron chi connectivity index (χ2n) is 5.07. The van der Waals surface area contributed by atoms with Crippen molar-refractivity contribution in [1.29, 1.82) is 0 Å². The van der Waals surface area contributed by atoms with Gasteiger partial charge in [0.1, 0.15) is 5.75 Å². The minimum absolute atomic E-state index is 0.228. The molecule has 0 bridgehead atoms. The summed E-state index contributed by atoms with van der Waals surface area (Å²) in [5.74, 6) is 1.31. The zero-order valence-corrected chi connectivity index (χ0v) is 12.0.